The van der Waals surface area contributed by atoms with Crippen LogP contribution in [-0.4, -0.2) is 5.11 Å². The van der Waals surface area contributed by atoms with E-state index in [9.17, 15) is 5.11 Å². The minimum atomic E-state index is -0.387. The fourth-order valence-electron chi connectivity index (χ4n) is 2.79. The lowest BCUT2D eigenvalue weighted by Crippen LogP contribution is -2.18. The van der Waals surface area contributed by atoms with Gasteiger partial charge in [0, 0.05) is 5.92 Å². The van der Waals surface area contributed by atoms with Crippen molar-refractivity contribution in [3.05, 3.63) is 48.6 Å². The molecular formula is C15H20O. The Kier molecular flexibility index (Phi) is 3.79. The van der Waals surface area contributed by atoms with Crippen LogP contribution in [0.2, 0.25) is 0 Å². The second kappa shape index (κ2) is 5.31. The summed E-state index contributed by atoms with van der Waals surface area (Å²) in [5.41, 5.74) is 1.01. The van der Waals surface area contributed by atoms with Crippen LogP contribution in [0.25, 0.3) is 0 Å². The summed E-state index contributed by atoms with van der Waals surface area (Å²) >= 11 is 0. The number of rotatable bonds is 4. The summed E-state index contributed by atoms with van der Waals surface area (Å²) in [7, 11) is 0. The van der Waals surface area contributed by atoms with Crippen molar-refractivity contribution in [1.29, 1.82) is 0 Å². The van der Waals surface area contributed by atoms with E-state index in [-0.39, 0.29) is 12.0 Å². The molecule has 2 rings (SSSR count). The van der Waals surface area contributed by atoms with Crippen molar-refractivity contribution in [2.75, 3.05) is 0 Å². The number of hydrogen-bond donors (Lipinski definition) is 1. The first-order chi connectivity index (χ1) is 7.83. The Hall–Kier alpha value is -1.08. The summed E-state index contributed by atoms with van der Waals surface area (Å²) in [6, 6.07) is 9.93. The number of hydrogen-bond acceptors (Lipinski definition) is 1. The molecule has 2 atom stereocenters. The van der Waals surface area contributed by atoms with Gasteiger partial charge in [-0.05, 0) is 24.3 Å². The third kappa shape index (κ3) is 2.35. The molecule has 0 unspecified atom stereocenters. The molecule has 1 aliphatic carbocycles. The molecule has 0 aliphatic heterocycles. The van der Waals surface area contributed by atoms with Crippen LogP contribution in [0.1, 0.15) is 37.4 Å². The van der Waals surface area contributed by atoms with Gasteiger partial charge in [-0.2, -0.15) is 0 Å². The van der Waals surface area contributed by atoms with E-state index in [1.54, 1.807) is 0 Å². The highest BCUT2D eigenvalue weighted by molar-refractivity contribution is 5.19. The quantitative estimate of drug-likeness (QED) is 0.761. The van der Waals surface area contributed by atoms with E-state index in [1.807, 2.05) is 36.4 Å². The Labute approximate surface area is 97.8 Å². The van der Waals surface area contributed by atoms with E-state index in [0.29, 0.717) is 5.92 Å². The molecule has 0 amide bonds. The molecular weight excluding hydrogens is 196 g/mol. The molecule has 0 saturated heterocycles. The summed E-state index contributed by atoms with van der Waals surface area (Å²) in [4.78, 5) is 0. The second-order valence-electron chi connectivity index (χ2n) is 4.71. The number of aliphatic hydroxyl groups excluding tert-OH is 1. The SMILES string of the molecule is C=C[C@@H](C1CCCC1)[C@@H](O)c1ccccc1. The van der Waals surface area contributed by atoms with Crippen LogP contribution < -0.4 is 0 Å². The van der Waals surface area contributed by atoms with Crippen LogP contribution in [-0.2, 0) is 0 Å². The summed E-state index contributed by atoms with van der Waals surface area (Å²) in [5, 5.41) is 10.4. The molecule has 1 fully saturated rings. The van der Waals surface area contributed by atoms with E-state index in [2.05, 4.69) is 6.58 Å². The lowest BCUT2D eigenvalue weighted by Gasteiger charge is -2.25. The fraction of sp³-hybridized carbons (Fsp3) is 0.467. The summed E-state index contributed by atoms with van der Waals surface area (Å²) in [6.07, 6.45) is 6.63. The predicted molar refractivity (Wildman–Crippen MR) is 67.0 cm³/mol. The summed E-state index contributed by atoms with van der Waals surface area (Å²) in [5.74, 6) is 0.831. The van der Waals surface area contributed by atoms with Gasteiger partial charge in [-0.1, -0.05) is 49.2 Å². The lowest BCUT2D eigenvalue weighted by molar-refractivity contribution is 0.100. The molecule has 1 nitrogen and oxygen atoms in total. The normalized spacial score (nSPS) is 20.6. The molecule has 0 spiro atoms. The minimum Gasteiger partial charge on any atom is -0.388 e. The van der Waals surface area contributed by atoms with E-state index in [0.717, 1.165) is 5.56 Å². The molecule has 1 aromatic carbocycles. The Morgan fingerprint density at radius 3 is 2.38 bits per heavy atom. The van der Waals surface area contributed by atoms with Crippen LogP contribution in [0.3, 0.4) is 0 Å². The van der Waals surface area contributed by atoms with Crippen LogP contribution in [0, 0.1) is 11.8 Å². The highest BCUT2D eigenvalue weighted by Crippen LogP contribution is 2.38. The van der Waals surface area contributed by atoms with E-state index in [1.165, 1.54) is 25.7 Å². The lowest BCUT2D eigenvalue weighted by atomic mass is 9.83. The number of benzene rings is 1. The zero-order valence-corrected chi connectivity index (χ0v) is 9.68. The highest BCUT2D eigenvalue weighted by atomic mass is 16.3. The predicted octanol–water partition coefficient (Wildman–Crippen LogP) is 3.71. The van der Waals surface area contributed by atoms with Crippen LogP contribution in [0.15, 0.2) is 43.0 Å². The van der Waals surface area contributed by atoms with Crippen LogP contribution in [0.4, 0.5) is 0 Å². The second-order valence-corrected chi connectivity index (χ2v) is 4.71. The molecule has 1 aliphatic rings. The maximum Gasteiger partial charge on any atom is 0.0855 e. The van der Waals surface area contributed by atoms with E-state index >= 15 is 0 Å². The molecule has 1 saturated carbocycles. The van der Waals surface area contributed by atoms with Gasteiger partial charge in [-0.15, -0.1) is 6.58 Å². The first-order valence-corrected chi connectivity index (χ1v) is 6.18. The Balaban J connectivity index is 2.12. The van der Waals surface area contributed by atoms with Gasteiger partial charge in [-0.3, -0.25) is 0 Å². The topological polar surface area (TPSA) is 20.2 Å². The molecule has 0 heterocycles. The molecule has 0 aromatic heterocycles. The average molecular weight is 216 g/mol. The molecule has 86 valence electrons. The van der Waals surface area contributed by atoms with Gasteiger partial charge in [0.05, 0.1) is 6.10 Å². The van der Waals surface area contributed by atoms with Crippen LogP contribution >= 0.6 is 0 Å². The minimum absolute atomic E-state index is 0.213. The van der Waals surface area contributed by atoms with Crippen molar-refractivity contribution in [3.63, 3.8) is 0 Å². The molecule has 1 aromatic rings. The van der Waals surface area contributed by atoms with Gasteiger partial charge < -0.3 is 5.11 Å². The molecule has 1 heteroatoms. The third-order valence-electron chi connectivity index (χ3n) is 3.72. The fourth-order valence-corrected chi connectivity index (χ4v) is 2.79. The largest absolute Gasteiger partial charge is 0.388 e. The number of aliphatic hydroxyl groups is 1. The van der Waals surface area contributed by atoms with Gasteiger partial charge in [0.15, 0.2) is 0 Å². The molecule has 1 N–H and O–H groups in total. The van der Waals surface area contributed by atoms with E-state index < -0.39 is 0 Å². The average Bonchev–Trinajstić information content (AvgIpc) is 2.85. The summed E-state index contributed by atoms with van der Waals surface area (Å²) < 4.78 is 0. The van der Waals surface area contributed by atoms with Crippen molar-refractivity contribution in [2.24, 2.45) is 11.8 Å². The Morgan fingerprint density at radius 2 is 1.81 bits per heavy atom. The summed E-state index contributed by atoms with van der Waals surface area (Å²) in [6.45, 7) is 3.89. The van der Waals surface area contributed by atoms with Crippen molar-refractivity contribution in [2.45, 2.75) is 31.8 Å². The zero-order valence-electron chi connectivity index (χ0n) is 9.68. The maximum absolute atomic E-state index is 10.4. The maximum atomic E-state index is 10.4. The van der Waals surface area contributed by atoms with Gasteiger partial charge in [0.1, 0.15) is 0 Å². The standard InChI is InChI=1S/C15H20O/c1-2-14(12-8-6-7-9-12)15(16)13-10-4-3-5-11-13/h2-5,10-12,14-16H,1,6-9H2/t14-,15-/m0/s1. The van der Waals surface area contributed by atoms with Gasteiger partial charge in [0.25, 0.3) is 0 Å². The Morgan fingerprint density at radius 1 is 1.19 bits per heavy atom. The smallest absolute Gasteiger partial charge is 0.0855 e. The van der Waals surface area contributed by atoms with Crippen LogP contribution in [0.5, 0.6) is 0 Å². The van der Waals surface area contributed by atoms with Crippen molar-refractivity contribution in [1.82, 2.24) is 0 Å². The molecule has 0 radical (unpaired) electrons. The van der Waals surface area contributed by atoms with Gasteiger partial charge in [0.2, 0.25) is 0 Å². The molecule has 0 bridgehead atoms. The first kappa shape index (κ1) is 11.4. The third-order valence-corrected chi connectivity index (χ3v) is 3.72. The first-order valence-electron chi connectivity index (χ1n) is 6.18. The van der Waals surface area contributed by atoms with Gasteiger partial charge >= 0.3 is 0 Å². The van der Waals surface area contributed by atoms with Gasteiger partial charge in [-0.25, -0.2) is 0 Å². The van der Waals surface area contributed by atoms with Crippen molar-refractivity contribution >= 4 is 0 Å². The monoisotopic (exact) mass is 216 g/mol. The van der Waals surface area contributed by atoms with E-state index in [4.69, 9.17) is 0 Å². The van der Waals surface area contributed by atoms with Crippen molar-refractivity contribution in [3.8, 4) is 0 Å². The molecule has 16 heavy (non-hydrogen) atoms. The zero-order chi connectivity index (χ0) is 11.4. The highest BCUT2D eigenvalue weighted by Gasteiger charge is 2.28. The Bertz CT molecular complexity index is 325. The van der Waals surface area contributed by atoms with Crippen molar-refractivity contribution < 1.29 is 5.11 Å².